The second-order valence-corrected chi connectivity index (χ2v) is 4.58. The van der Waals surface area contributed by atoms with Crippen LogP contribution in [0.25, 0.3) is 5.57 Å². The van der Waals surface area contributed by atoms with E-state index in [0.717, 1.165) is 12.8 Å². The first-order valence-corrected chi connectivity index (χ1v) is 6.75. The number of benzene rings is 1. The molecule has 0 saturated carbocycles. The van der Waals surface area contributed by atoms with Crippen molar-refractivity contribution in [2.75, 3.05) is 0 Å². The average molecular weight is 240 g/mol. The van der Waals surface area contributed by atoms with E-state index in [0.29, 0.717) is 0 Å². The molecule has 0 radical (unpaired) electrons. The molecule has 1 aromatic carbocycles. The average Bonchev–Trinajstić information content (AvgIpc) is 2.39. The minimum absolute atomic E-state index is 0.987. The van der Waals surface area contributed by atoms with Crippen LogP contribution < -0.4 is 0 Å². The first-order valence-electron chi connectivity index (χ1n) is 6.75. The number of aryl methyl sites for hydroxylation is 2. The van der Waals surface area contributed by atoms with Crippen LogP contribution in [0.1, 0.15) is 43.9 Å². The molecular formula is C18H24. The molecule has 0 fully saturated rings. The summed E-state index contributed by atoms with van der Waals surface area (Å²) in [6.45, 7) is 12.8. The van der Waals surface area contributed by atoms with E-state index < -0.39 is 0 Å². The van der Waals surface area contributed by atoms with Crippen molar-refractivity contribution in [3.05, 3.63) is 65.3 Å². The van der Waals surface area contributed by atoms with Crippen molar-refractivity contribution in [1.82, 2.24) is 0 Å². The lowest BCUT2D eigenvalue weighted by atomic mass is 9.91. The Labute approximate surface area is 112 Å². The zero-order valence-corrected chi connectivity index (χ0v) is 12.1. The van der Waals surface area contributed by atoms with Crippen LogP contribution in [0.4, 0.5) is 0 Å². The SMILES string of the molecule is C=C(CC)/C(=C\C=C/C)c1ccc(C)cc1CC. The predicted molar refractivity (Wildman–Crippen MR) is 82.8 cm³/mol. The van der Waals surface area contributed by atoms with E-state index in [2.05, 4.69) is 63.8 Å². The Hall–Kier alpha value is -1.56. The van der Waals surface area contributed by atoms with Crippen LogP contribution in [0.15, 0.2) is 48.6 Å². The van der Waals surface area contributed by atoms with Gasteiger partial charge in [0.2, 0.25) is 0 Å². The minimum Gasteiger partial charge on any atom is -0.0952 e. The fourth-order valence-electron chi connectivity index (χ4n) is 2.06. The van der Waals surface area contributed by atoms with E-state index in [1.807, 2.05) is 6.92 Å². The molecule has 18 heavy (non-hydrogen) atoms. The Morgan fingerprint density at radius 2 is 2.00 bits per heavy atom. The summed E-state index contributed by atoms with van der Waals surface area (Å²) in [5.41, 5.74) is 6.52. The van der Waals surface area contributed by atoms with Gasteiger partial charge < -0.3 is 0 Å². The molecule has 0 aliphatic rings. The maximum Gasteiger partial charge on any atom is -0.0149 e. The van der Waals surface area contributed by atoms with Crippen LogP contribution in [0.2, 0.25) is 0 Å². The molecular weight excluding hydrogens is 216 g/mol. The van der Waals surface area contributed by atoms with Crippen molar-refractivity contribution in [3.63, 3.8) is 0 Å². The summed E-state index contributed by atoms with van der Waals surface area (Å²) in [7, 11) is 0. The first-order chi connectivity index (χ1) is 8.63. The normalized spacial score (nSPS) is 12.1. The Morgan fingerprint density at radius 3 is 2.56 bits per heavy atom. The van der Waals surface area contributed by atoms with E-state index in [1.165, 1.54) is 27.8 Å². The Kier molecular flexibility index (Phi) is 5.64. The number of hydrogen-bond donors (Lipinski definition) is 0. The second-order valence-electron chi connectivity index (χ2n) is 4.58. The third kappa shape index (κ3) is 3.46. The quantitative estimate of drug-likeness (QED) is 0.597. The number of hydrogen-bond acceptors (Lipinski definition) is 0. The highest BCUT2D eigenvalue weighted by Crippen LogP contribution is 2.28. The lowest BCUT2D eigenvalue weighted by Crippen LogP contribution is -1.95. The molecule has 0 amide bonds. The molecule has 1 rings (SSSR count). The molecule has 0 aliphatic carbocycles. The van der Waals surface area contributed by atoms with Crippen molar-refractivity contribution in [2.45, 2.75) is 40.5 Å². The summed E-state index contributed by atoms with van der Waals surface area (Å²) in [6, 6.07) is 6.69. The van der Waals surface area contributed by atoms with Crippen LogP contribution in [-0.2, 0) is 6.42 Å². The summed E-state index contributed by atoms with van der Waals surface area (Å²) < 4.78 is 0. The van der Waals surface area contributed by atoms with Gasteiger partial charge in [0, 0.05) is 0 Å². The summed E-state index contributed by atoms with van der Waals surface area (Å²) in [5.74, 6) is 0. The number of allylic oxidation sites excluding steroid dienone is 5. The van der Waals surface area contributed by atoms with Crippen molar-refractivity contribution in [1.29, 1.82) is 0 Å². The molecule has 0 nitrogen and oxygen atoms in total. The summed E-state index contributed by atoms with van der Waals surface area (Å²) in [4.78, 5) is 0. The van der Waals surface area contributed by atoms with Crippen molar-refractivity contribution in [3.8, 4) is 0 Å². The molecule has 0 bridgehead atoms. The molecule has 96 valence electrons. The van der Waals surface area contributed by atoms with E-state index >= 15 is 0 Å². The fraction of sp³-hybridized carbons (Fsp3) is 0.333. The molecule has 0 spiro atoms. The lowest BCUT2D eigenvalue weighted by Gasteiger charge is -2.14. The lowest BCUT2D eigenvalue weighted by molar-refractivity contribution is 1.11. The third-order valence-electron chi connectivity index (χ3n) is 3.19. The van der Waals surface area contributed by atoms with Gasteiger partial charge in [-0.05, 0) is 49.0 Å². The van der Waals surface area contributed by atoms with Crippen molar-refractivity contribution in [2.24, 2.45) is 0 Å². The standard InChI is InChI=1S/C18H24/c1-6-9-10-17(15(5)7-2)18-12-11-14(4)13-16(18)8-3/h6,9-13H,5,7-8H2,1-4H3/b9-6-,17-10+. The highest BCUT2D eigenvalue weighted by molar-refractivity contribution is 5.81. The van der Waals surface area contributed by atoms with Gasteiger partial charge in [0.15, 0.2) is 0 Å². The summed E-state index contributed by atoms with van der Waals surface area (Å²) in [6.07, 6.45) is 8.37. The maximum absolute atomic E-state index is 4.20. The van der Waals surface area contributed by atoms with E-state index in [4.69, 9.17) is 0 Å². The first kappa shape index (κ1) is 14.5. The largest absolute Gasteiger partial charge is 0.0952 e. The Bertz CT molecular complexity index is 473. The predicted octanol–water partition coefficient (Wildman–Crippen LogP) is 5.48. The van der Waals surface area contributed by atoms with E-state index in [1.54, 1.807) is 0 Å². The minimum atomic E-state index is 0.987. The second kappa shape index (κ2) is 7.00. The van der Waals surface area contributed by atoms with Gasteiger partial charge in [0.1, 0.15) is 0 Å². The molecule has 0 N–H and O–H groups in total. The molecule has 0 saturated heterocycles. The summed E-state index contributed by atoms with van der Waals surface area (Å²) >= 11 is 0. The Morgan fingerprint density at radius 1 is 1.28 bits per heavy atom. The van der Waals surface area contributed by atoms with Crippen LogP contribution in [0.5, 0.6) is 0 Å². The molecule has 0 atom stereocenters. The molecule has 0 unspecified atom stereocenters. The molecule has 1 aromatic rings. The van der Waals surface area contributed by atoms with Crippen molar-refractivity contribution < 1.29 is 0 Å². The highest BCUT2D eigenvalue weighted by atomic mass is 14.1. The van der Waals surface area contributed by atoms with Gasteiger partial charge in [0.05, 0.1) is 0 Å². The number of rotatable bonds is 5. The molecule has 0 heteroatoms. The zero-order valence-electron chi connectivity index (χ0n) is 12.1. The van der Waals surface area contributed by atoms with Gasteiger partial charge in [-0.15, -0.1) is 0 Å². The van der Waals surface area contributed by atoms with E-state index in [-0.39, 0.29) is 0 Å². The van der Waals surface area contributed by atoms with Crippen LogP contribution in [-0.4, -0.2) is 0 Å². The third-order valence-corrected chi connectivity index (χ3v) is 3.19. The van der Waals surface area contributed by atoms with Gasteiger partial charge in [0.25, 0.3) is 0 Å². The topological polar surface area (TPSA) is 0 Å². The highest BCUT2D eigenvalue weighted by Gasteiger charge is 2.08. The van der Waals surface area contributed by atoms with E-state index in [9.17, 15) is 0 Å². The van der Waals surface area contributed by atoms with Gasteiger partial charge in [-0.2, -0.15) is 0 Å². The van der Waals surface area contributed by atoms with Gasteiger partial charge in [-0.25, -0.2) is 0 Å². The smallest absolute Gasteiger partial charge is 0.0149 e. The van der Waals surface area contributed by atoms with Crippen molar-refractivity contribution >= 4 is 5.57 Å². The maximum atomic E-state index is 4.20. The Balaban J connectivity index is 3.33. The molecule has 0 aliphatic heterocycles. The van der Waals surface area contributed by atoms with Crippen LogP contribution in [0, 0.1) is 6.92 Å². The fourth-order valence-corrected chi connectivity index (χ4v) is 2.06. The van der Waals surface area contributed by atoms with Crippen LogP contribution >= 0.6 is 0 Å². The summed E-state index contributed by atoms with van der Waals surface area (Å²) in [5, 5.41) is 0. The molecule has 0 aromatic heterocycles. The van der Waals surface area contributed by atoms with Gasteiger partial charge >= 0.3 is 0 Å². The monoisotopic (exact) mass is 240 g/mol. The zero-order chi connectivity index (χ0) is 13.5. The van der Waals surface area contributed by atoms with Gasteiger partial charge in [-0.3, -0.25) is 0 Å². The van der Waals surface area contributed by atoms with Gasteiger partial charge in [-0.1, -0.05) is 62.4 Å². The molecule has 0 heterocycles. The van der Waals surface area contributed by atoms with Crippen LogP contribution in [0.3, 0.4) is 0 Å².